The molecule has 1 heterocycles. The Morgan fingerprint density at radius 1 is 1.40 bits per heavy atom. The SMILES string of the molecule is CCOc1ccc(N)c(OCC2CC2)n1. The molecule has 0 aromatic carbocycles. The van der Waals surface area contributed by atoms with Gasteiger partial charge in [0, 0.05) is 6.07 Å². The Bertz CT molecular complexity index is 337. The summed E-state index contributed by atoms with van der Waals surface area (Å²) in [5, 5.41) is 0. The fraction of sp³-hybridized carbons (Fsp3) is 0.545. The maximum absolute atomic E-state index is 5.75. The maximum Gasteiger partial charge on any atom is 0.240 e. The summed E-state index contributed by atoms with van der Waals surface area (Å²) in [7, 11) is 0. The predicted octanol–water partition coefficient (Wildman–Crippen LogP) is 1.85. The van der Waals surface area contributed by atoms with Crippen molar-refractivity contribution in [2.45, 2.75) is 19.8 Å². The largest absolute Gasteiger partial charge is 0.478 e. The van der Waals surface area contributed by atoms with Gasteiger partial charge >= 0.3 is 0 Å². The number of pyridine rings is 1. The molecule has 0 amide bonds. The van der Waals surface area contributed by atoms with Gasteiger partial charge in [-0.1, -0.05) is 0 Å². The highest BCUT2D eigenvalue weighted by Gasteiger charge is 2.22. The summed E-state index contributed by atoms with van der Waals surface area (Å²) in [6.45, 7) is 3.23. The molecule has 4 heteroatoms. The smallest absolute Gasteiger partial charge is 0.240 e. The number of nitrogens with zero attached hydrogens (tertiary/aromatic N) is 1. The number of aromatic nitrogens is 1. The number of hydrogen-bond acceptors (Lipinski definition) is 4. The highest BCUT2D eigenvalue weighted by molar-refractivity contribution is 5.49. The van der Waals surface area contributed by atoms with E-state index in [1.165, 1.54) is 12.8 Å². The minimum absolute atomic E-state index is 0.493. The number of ether oxygens (including phenoxy) is 2. The topological polar surface area (TPSA) is 57.4 Å². The van der Waals surface area contributed by atoms with E-state index in [1.807, 2.05) is 6.92 Å². The van der Waals surface area contributed by atoms with Crippen LogP contribution in [0.5, 0.6) is 11.8 Å². The molecular weight excluding hydrogens is 192 g/mol. The second-order valence-electron chi connectivity index (χ2n) is 3.73. The summed E-state index contributed by atoms with van der Waals surface area (Å²) < 4.78 is 10.8. The minimum Gasteiger partial charge on any atom is -0.478 e. The number of nitrogen functional groups attached to an aromatic ring is 1. The average molecular weight is 208 g/mol. The lowest BCUT2D eigenvalue weighted by atomic mass is 10.4. The van der Waals surface area contributed by atoms with Gasteiger partial charge in [0.2, 0.25) is 11.8 Å². The molecule has 2 rings (SSSR count). The number of hydrogen-bond donors (Lipinski definition) is 1. The van der Waals surface area contributed by atoms with Gasteiger partial charge in [0.15, 0.2) is 0 Å². The standard InChI is InChI=1S/C11H16N2O2/c1-2-14-10-6-5-9(12)11(13-10)15-7-8-3-4-8/h5-6,8H,2-4,7,12H2,1H3. The normalized spacial score (nSPS) is 15.0. The van der Waals surface area contributed by atoms with E-state index in [0.29, 0.717) is 36.6 Å². The van der Waals surface area contributed by atoms with Crippen LogP contribution in [0.1, 0.15) is 19.8 Å². The van der Waals surface area contributed by atoms with Crippen LogP contribution in [-0.4, -0.2) is 18.2 Å². The lowest BCUT2D eigenvalue weighted by molar-refractivity contribution is 0.277. The maximum atomic E-state index is 5.75. The Balaban J connectivity index is 2.01. The van der Waals surface area contributed by atoms with Crippen molar-refractivity contribution in [1.82, 2.24) is 4.98 Å². The predicted molar refractivity (Wildman–Crippen MR) is 58.0 cm³/mol. The summed E-state index contributed by atoms with van der Waals surface area (Å²) in [6, 6.07) is 3.52. The summed E-state index contributed by atoms with van der Waals surface area (Å²) in [5.74, 6) is 1.76. The van der Waals surface area contributed by atoms with Crippen LogP contribution in [0.4, 0.5) is 5.69 Å². The van der Waals surface area contributed by atoms with Gasteiger partial charge in [0.25, 0.3) is 0 Å². The van der Waals surface area contributed by atoms with Crippen LogP contribution in [0.3, 0.4) is 0 Å². The van der Waals surface area contributed by atoms with Crippen molar-refractivity contribution < 1.29 is 9.47 Å². The van der Waals surface area contributed by atoms with E-state index in [9.17, 15) is 0 Å². The first kappa shape index (κ1) is 10.1. The molecule has 1 aromatic rings. The lowest BCUT2D eigenvalue weighted by Gasteiger charge is -2.09. The van der Waals surface area contributed by atoms with Crippen molar-refractivity contribution in [2.75, 3.05) is 18.9 Å². The summed E-state index contributed by atoms with van der Waals surface area (Å²) in [4.78, 5) is 4.19. The Morgan fingerprint density at radius 2 is 2.20 bits per heavy atom. The Hall–Kier alpha value is -1.45. The number of anilines is 1. The molecule has 0 radical (unpaired) electrons. The van der Waals surface area contributed by atoms with Gasteiger partial charge in [0.1, 0.15) is 0 Å². The van der Waals surface area contributed by atoms with Crippen LogP contribution in [0.2, 0.25) is 0 Å². The molecule has 1 saturated carbocycles. The van der Waals surface area contributed by atoms with Crippen LogP contribution in [0, 0.1) is 5.92 Å². The molecule has 1 aliphatic carbocycles. The third kappa shape index (κ3) is 2.75. The van der Waals surface area contributed by atoms with Crippen LogP contribution in [0.15, 0.2) is 12.1 Å². The third-order valence-corrected chi connectivity index (χ3v) is 2.31. The molecule has 0 atom stereocenters. The number of rotatable bonds is 5. The zero-order chi connectivity index (χ0) is 10.7. The van der Waals surface area contributed by atoms with Gasteiger partial charge in [0.05, 0.1) is 18.9 Å². The number of nitrogens with two attached hydrogens (primary N) is 1. The summed E-state index contributed by atoms with van der Waals surface area (Å²) in [5.41, 5.74) is 6.32. The van der Waals surface area contributed by atoms with Crippen LogP contribution >= 0.6 is 0 Å². The zero-order valence-corrected chi connectivity index (χ0v) is 8.90. The molecule has 0 saturated heterocycles. The molecule has 1 aromatic heterocycles. The molecule has 15 heavy (non-hydrogen) atoms. The Morgan fingerprint density at radius 3 is 2.87 bits per heavy atom. The molecular formula is C11H16N2O2. The van der Waals surface area contributed by atoms with Crippen molar-refractivity contribution in [2.24, 2.45) is 5.92 Å². The first-order chi connectivity index (χ1) is 7.29. The van der Waals surface area contributed by atoms with E-state index in [2.05, 4.69) is 4.98 Å². The molecule has 2 N–H and O–H groups in total. The molecule has 0 aliphatic heterocycles. The van der Waals surface area contributed by atoms with Crippen LogP contribution in [0.25, 0.3) is 0 Å². The van der Waals surface area contributed by atoms with Crippen molar-refractivity contribution in [3.63, 3.8) is 0 Å². The van der Waals surface area contributed by atoms with Gasteiger partial charge in [-0.05, 0) is 31.7 Å². The van der Waals surface area contributed by atoms with E-state index < -0.39 is 0 Å². The Labute approximate surface area is 89.4 Å². The highest BCUT2D eigenvalue weighted by Crippen LogP contribution is 2.30. The van der Waals surface area contributed by atoms with Crippen molar-refractivity contribution in [1.29, 1.82) is 0 Å². The minimum atomic E-state index is 0.493. The van der Waals surface area contributed by atoms with E-state index in [0.717, 1.165) is 0 Å². The second-order valence-corrected chi connectivity index (χ2v) is 3.73. The van der Waals surface area contributed by atoms with Gasteiger partial charge < -0.3 is 15.2 Å². The molecule has 1 fully saturated rings. The van der Waals surface area contributed by atoms with E-state index in [4.69, 9.17) is 15.2 Å². The quantitative estimate of drug-likeness (QED) is 0.802. The summed E-state index contributed by atoms with van der Waals surface area (Å²) in [6.07, 6.45) is 2.51. The molecule has 0 unspecified atom stereocenters. The van der Waals surface area contributed by atoms with E-state index >= 15 is 0 Å². The molecule has 0 bridgehead atoms. The van der Waals surface area contributed by atoms with Gasteiger partial charge in [-0.25, -0.2) is 0 Å². The van der Waals surface area contributed by atoms with E-state index in [1.54, 1.807) is 12.1 Å². The second kappa shape index (κ2) is 4.38. The summed E-state index contributed by atoms with van der Waals surface area (Å²) >= 11 is 0. The monoisotopic (exact) mass is 208 g/mol. The van der Waals surface area contributed by atoms with Crippen molar-refractivity contribution in [3.8, 4) is 11.8 Å². The average Bonchev–Trinajstić information content (AvgIpc) is 3.03. The van der Waals surface area contributed by atoms with Crippen molar-refractivity contribution >= 4 is 5.69 Å². The fourth-order valence-electron chi connectivity index (χ4n) is 1.26. The highest BCUT2D eigenvalue weighted by atomic mass is 16.5. The van der Waals surface area contributed by atoms with Crippen LogP contribution in [-0.2, 0) is 0 Å². The fourth-order valence-corrected chi connectivity index (χ4v) is 1.26. The van der Waals surface area contributed by atoms with Crippen molar-refractivity contribution in [3.05, 3.63) is 12.1 Å². The zero-order valence-electron chi connectivity index (χ0n) is 8.90. The van der Waals surface area contributed by atoms with E-state index in [-0.39, 0.29) is 0 Å². The lowest BCUT2D eigenvalue weighted by Crippen LogP contribution is -2.05. The molecule has 0 spiro atoms. The van der Waals surface area contributed by atoms with Gasteiger partial charge in [-0.3, -0.25) is 0 Å². The molecule has 82 valence electrons. The first-order valence-electron chi connectivity index (χ1n) is 5.31. The molecule has 4 nitrogen and oxygen atoms in total. The van der Waals surface area contributed by atoms with Crippen LogP contribution < -0.4 is 15.2 Å². The van der Waals surface area contributed by atoms with Gasteiger partial charge in [-0.2, -0.15) is 4.98 Å². The van der Waals surface area contributed by atoms with Gasteiger partial charge in [-0.15, -0.1) is 0 Å². The first-order valence-corrected chi connectivity index (χ1v) is 5.31. The third-order valence-electron chi connectivity index (χ3n) is 2.31. The Kier molecular flexibility index (Phi) is 2.94. The molecule has 1 aliphatic rings.